The minimum atomic E-state index is -0.260. The molecule has 122 valence electrons. The van der Waals surface area contributed by atoms with Gasteiger partial charge in [0.15, 0.2) is 0 Å². The van der Waals surface area contributed by atoms with E-state index >= 15 is 0 Å². The summed E-state index contributed by atoms with van der Waals surface area (Å²) in [5.41, 5.74) is 1.33. The van der Waals surface area contributed by atoms with Crippen LogP contribution in [0.25, 0.3) is 0 Å². The Morgan fingerprint density at radius 3 is 2.35 bits per heavy atom. The molecule has 2 aromatic rings. The Kier molecular flexibility index (Phi) is 5.67. The van der Waals surface area contributed by atoms with E-state index in [2.05, 4.69) is 26.0 Å². The lowest BCUT2D eigenvalue weighted by Gasteiger charge is -2.11. The number of anilines is 2. The first kappa shape index (κ1) is 16.5. The van der Waals surface area contributed by atoms with Gasteiger partial charge in [-0.2, -0.15) is 5.10 Å². The maximum Gasteiger partial charge on any atom is 0.319 e. The molecule has 2 rings (SSSR count). The Bertz CT molecular complexity index is 636. The lowest BCUT2D eigenvalue weighted by atomic mass is 10.2. The number of aromatic nitrogens is 3. The monoisotopic (exact) mass is 316 g/mol. The smallest absolute Gasteiger partial charge is 0.319 e. The standard InChI is InChI=1S/C15H20N6O2/c1-11(2)18-15(23)20-13-5-3-12(4-6-13)19-14(22)7-8-21-10-16-9-17-21/h3-6,9-11H,7-8H2,1-2H3,(H,19,22)(H2,18,20,23). The minimum absolute atomic E-state index is 0.0681. The second kappa shape index (κ2) is 7.92. The van der Waals surface area contributed by atoms with Crippen LogP contribution in [0.3, 0.4) is 0 Å². The molecule has 8 nitrogen and oxygen atoms in total. The topological polar surface area (TPSA) is 101 Å². The molecular weight excluding hydrogens is 296 g/mol. The SMILES string of the molecule is CC(C)NC(=O)Nc1ccc(NC(=O)CCn2cncn2)cc1. The fourth-order valence-electron chi connectivity index (χ4n) is 1.85. The first-order chi connectivity index (χ1) is 11.0. The average molecular weight is 316 g/mol. The summed E-state index contributed by atoms with van der Waals surface area (Å²) in [5.74, 6) is -0.112. The molecule has 0 fully saturated rings. The van der Waals surface area contributed by atoms with Crippen LogP contribution in [0, 0.1) is 0 Å². The number of nitrogens with zero attached hydrogens (tertiary/aromatic N) is 3. The van der Waals surface area contributed by atoms with Gasteiger partial charge in [0.25, 0.3) is 0 Å². The van der Waals surface area contributed by atoms with E-state index in [0.29, 0.717) is 24.3 Å². The first-order valence-corrected chi connectivity index (χ1v) is 7.33. The van der Waals surface area contributed by atoms with Crippen LogP contribution in [-0.2, 0) is 11.3 Å². The van der Waals surface area contributed by atoms with Gasteiger partial charge in [0.05, 0.1) is 6.54 Å². The predicted octanol–water partition coefficient (Wildman–Crippen LogP) is 1.84. The summed E-state index contributed by atoms with van der Waals surface area (Å²) in [6, 6.07) is 6.74. The van der Waals surface area contributed by atoms with Gasteiger partial charge >= 0.3 is 6.03 Å². The van der Waals surface area contributed by atoms with Crippen molar-refractivity contribution in [2.45, 2.75) is 32.9 Å². The van der Waals surface area contributed by atoms with Crippen LogP contribution in [0.1, 0.15) is 20.3 Å². The minimum Gasteiger partial charge on any atom is -0.336 e. The highest BCUT2D eigenvalue weighted by Gasteiger charge is 2.05. The summed E-state index contributed by atoms with van der Waals surface area (Å²) in [6.45, 7) is 4.25. The summed E-state index contributed by atoms with van der Waals surface area (Å²) in [4.78, 5) is 27.2. The summed E-state index contributed by atoms with van der Waals surface area (Å²) < 4.78 is 1.60. The van der Waals surface area contributed by atoms with E-state index in [4.69, 9.17) is 0 Å². The number of amides is 3. The van der Waals surface area contributed by atoms with Crippen molar-refractivity contribution < 1.29 is 9.59 Å². The number of urea groups is 1. The van der Waals surface area contributed by atoms with Gasteiger partial charge in [-0.3, -0.25) is 9.48 Å². The van der Waals surface area contributed by atoms with E-state index in [9.17, 15) is 9.59 Å². The van der Waals surface area contributed by atoms with Crippen LogP contribution >= 0.6 is 0 Å². The predicted molar refractivity (Wildman–Crippen MR) is 87.0 cm³/mol. The fourth-order valence-corrected chi connectivity index (χ4v) is 1.85. The molecule has 0 saturated heterocycles. The molecule has 23 heavy (non-hydrogen) atoms. The molecule has 0 aliphatic heterocycles. The van der Waals surface area contributed by atoms with Crippen molar-refractivity contribution >= 4 is 23.3 Å². The highest BCUT2D eigenvalue weighted by molar-refractivity contribution is 5.92. The van der Waals surface area contributed by atoms with Gasteiger partial charge in [-0.1, -0.05) is 0 Å². The van der Waals surface area contributed by atoms with Gasteiger partial charge in [-0.25, -0.2) is 9.78 Å². The zero-order chi connectivity index (χ0) is 16.7. The molecule has 3 N–H and O–H groups in total. The van der Waals surface area contributed by atoms with E-state index in [0.717, 1.165) is 0 Å². The molecule has 0 aliphatic carbocycles. The van der Waals surface area contributed by atoms with Gasteiger partial charge in [0.2, 0.25) is 5.91 Å². The van der Waals surface area contributed by atoms with Crippen LogP contribution < -0.4 is 16.0 Å². The van der Waals surface area contributed by atoms with Crippen molar-refractivity contribution in [1.29, 1.82) is 0 Å². The molecule has 1 aromatic heterocycles. The highest BCUT2D eigenvalue weighted by atomic mass is 16.2. The lowest BCUT2D eigenvalue weighted by Crippen LogP contribution is -2.34. The molecule has 0 unspecified atom stereocenters. The van der Waals surface area contributed by atoms with Crippen molar-refractivity contribution in [2.75, 3.05) is 10.6 Å². The number of benzene rings is 1. The summed E-state index contributed by atoms with van der Waals surface area (Å²) >= 11 is 0. The van der Waals surface area contributed by atoms with Crippen LogP contribution in [0.2, 0.25) is 0 Å². The van der Waals surface area contributed by atoms with E-state index in [1.54, 1.807) is 35.3 Å². The van der Waals surface area contributed by atoms with Crippen molar-refractivity contribution in [2.24, 2.45) is 0 Å². The third kappa shape index (κ3) is 5.77. The molecule has 0 aliphatic rings. The molecule has 8 heteroatoms. The summed E-state index contributed by atoms with van der Waals surface area (Å²) in [6.07, 6.45) is 3.30. The van der Waals surface area contributed by atoms with Crippen molar-refractivity contribution in [3.8, 4) is 0 Å². The molecule has 0 spiro atoms. The van der Waals surface area contributed by atoms with E-state index in [-0.39, 0.29) is 18.0 Å². The molecule has 0 atom stereocenters. The maximum absolute atomic E-state index is 11.8. The van der Waals surface area contributed by atoms with Crippen molar-refractivity contribution in [3.05, 3.63) is 36.9 Å². The number of hydrogen-bond donors (Lipinski definition) is 3. The molecule has 0 saturated carbocycles. The number of hydrogen-bond acceptors (Lipinski definition) is 4. The van der Waals surface area contributed by atoms with Gasteiger partial charge in [0.1, 0.15) is 12.7 Å². The molecule has 1 aromatic carbocycles. The average Bonchev–Trinajstić information content (AvgIpc) is 3.00. The van der Waals surface area contributed by atoms with Gasteiger partial charge in [0, 0.05) is 23.8 Å². The molecule has 0 radical (unpaired) electrons. The third-order valence-corrected chi connectivity index (χ3v) is 2.88. The number of carbonyl (C=O) groups is 2. The van der Waals surface area contributed by atoms with Gasteiger partial charge < -0.3 is 16.0 Å². The van der Waals surface area contributed by atoms with E-state index in [1.807, 2.05) is 13.8 Å². The van der Waals surface area contributed by atoms with Gasteiger partial charge in [-0.05, 0) is 38.1 Å². The lowest BCUT2D eigenvalue weighted by molar-refractivity contribution is -0.116. The second-order valence-electron chi connectivity index (χ2n) is 5.29. The molecule has 3 amide bonds. The van der Waals surface area contributed by atoms with Crippen LogP contribution in [-0.4, -0.2) is 32.7 Å². The van der Waals surface area contributed by atoms with E-state index in [1.165, 1.54) is 6.33 Å². The van der Waals surface area contributed by atoms with Crippen LogP contribution in [0.5, 0.6) is 0 Å². The zero-order valence-electron chi connectivity index (χ0n) is 13.1. The van der Waals surface area contributed by atoms with Crippen molar-refractivity contribution in [3.63, 3.8) is 0 Å². The summed E-state index contributed by atoms with van der Waals surface area (Å²) in [7, 11) is 0. The number of rotatable bonds is 6. The quantitative estimate of drug-likeness (QED) is 0.757. The number of aryl methyl sites for hydroxylation is 1. The van der Waals surface area contributed by atoms with Crippen molar-refractivity contribution in [1.82, 2.24) is 20.1 Å². The Morgan fingerprint density at radius 1 is 1.13 bits per heavy atom. The van der Waals surface area contributed by atoms with Crippen LogP contribution in [0.4, 0.5) is 16.2 Å². The van der Waals surface area contributed by atoms with Crippen LogP contribution in [0.15, 0.2) is 36.9 Å². The molecule has 0 bridgehead atoms. The number of carbonyl (C=O) groups excluding carboxylic acids is 2. The van der Waals surface area contributed by atoms with Gasteiger partial charge in [-0.15, -0.1) is 0 Å². The summed E-state index contributed by atoms with van der Waals surface area (Å²) in [5, 5.41) is 12.2. The first-order valence-electron chi connectivity index (χ1n) is 7.33. The Balaban J connectivity index is 1.80. The normalized spacial score (nSPS) is 10.4. The van der Waals surface area contributed by atoms with E-state index < -0.39 is 0 Å². The molecular formula is C15H20N6O2. The third-order valence-electron chi connectivity index (χ3n) is 2.88. The maximum atomic E-state index is 11.8. The zero-order valence-corrected chi connectivity index (χ0v) is 13.1. The number of nitrogens with one attached hydrogen (secondary N) is 3. The second-order valence-corrected chi connectivity index (χ2v) is 5.29. The molecule has 1 heterocycles. The Morgan fingerprint density at radius 2 is 1.78 bits per heavy atom. The highest BCUT2D eigenvalue weighted by Crippen LogP contribution is 2.13. The fraction of sp³-hybridized carbons (Fsp3) is 0.333. The Labute approximate surface area is 134 Å². The largest absolute Gasteiger partial charge is 0.336 e. The Hall–Kier alpha value is -2.90.